The summed E-state index contributed by atoms with van der Waals surface area (Å²) in [6, 6.07) is 7.08. The molecule has 0 aliphatic carbocycles. The van der Waals surface area contributed by atoms with Gasteiger partial charge in [0, 0.05) is 24.7 Å². The lowest BCUT2D eigenvalue weighted by Crippen LogP contribution is -2.28. The minimum Gasteiger partial charge on any atom is -0.352 e. The van der Waals surface area contributed by atoms with Crippen LogP contribution in [0.1, 0.15) is 24.8 Å². The molecule has 1 fully saturated rings. The minimum absolute atomic E-state index is 0.0208. The van der Waals surface area contributed by atoms with Crippen LogP contribution in [-0.2, 0) is 11.3 Å². The van der Waals surface area contributed by atoms with Gasteiger partial charge in [0.15, 0.2) is 0 Å². The average Bonchev–Trinajstić information content (AvgIpc) is 2.90. The van der Waals surface area contributed by atoms with Crippen molar-refractivity contribution in [2.45, 2.75) is 31.8 Å². The van der Waals surface area contributed by atoms with Gasteiger partial charge in [0.25, 0.3) is 0 Å². The van der Waals surface area contributed by atoms with Gasteiger partial charge >= 0.3 is 6.03 Å². The van der Waals surface area contributed by atoms with Crippen molar-refractivity contribution in [2.24, 2.45) is 5.73 Å². The number of rotatable bonds is 5. The van der Waals surface area contributed by atoms with Crippen molar-refractivity contribution in [3.05, 3.63) is 29.8 Å². The van der Waals surface area contributed by atoms with Gasteiger partial charge in [-0.15, -0.1) is 0 Å². The number of hydrogen-bond acceptors (Lipinski definition) is 3. The second-order valence-electron chi connectivity index (χ2n) is 4.96. The maximum atomic E-state index is 11.8. The van der Waals surface area contributed by atoms with Crippen LogP contribution < -0.4 is 21.7 Å². The van der Waals surface area contributed by atoms with E-state index in [2.05, 4.69) is 16.0 Å². The Kier molecular flexibility index (Phi) is 4.95. The Hall–Kier alpha value is -2.08. The number of primary amides is 1. The average molecular weight is 276 g/mol. The van der Waals surface area contributed by atoms with Crippen molar-refractivity contribution in [3.8, 4) is 0 Å². The number of carbonyl (C=O) groups is 2. The Labute approximate surface area is 118 Å². The molecule has 1 unspecified atom stereocenters. The Morgan fingerprint density at radius 3 is 2.65 bits per heavy atom. The van der Waals surface area contributed by atoms with E-state index in [-0.39, 0.29) is 5.91 Å². The predicted molar refractivity (Wildman–Crippen MR) is 77.1 cm³/mol. The van der Waals surface area contributed by atoms with Crippen LogP contribution in [0, 0.1) is 0 Å². The summed E-state index contributed by atoms with van der Waals surface area (Å²) >= 11 is 0. The van der Waals surface area contributed by atoms with E-state index in [9.17, 15) is 9.59 Å². The van der Waals surface area contributed by atoms with E-state index < -0.39 is 6.03 Å². The van der Waals surface area contributed by atoms with Crippen LogP contribution in [0.25, 0.3) is 0 Å². The molecule has 1 aliphatic rings. The van der Waals surface area contributed by atoms with Crippen molar-refractivity contribution in [2.75, 3.05) is 11.9 Å². The van der Waals surface area contributed by atoms with Gasteiger partial charge in [-0.1, -0.05) is 12.1 Å². The second kappa shape index (κ2) is 6.91. The number of anilines is 1. The Morgan fingerprint density at radius 1 is 1.30 bits per heavy atom. The number of hydrogen-bond donors (Lipinski definition) is 4. The molecule has 0 saturated carbocycles. The Bertz CT molecular complexity index is 467. The van der Waals surface area contributed by atoms with E-state index in [0.717, 1.165) is 30.6 Å². The smallest absolute Gasteiger partial charge is 0.312 e. The summed E-state index contributed by atoms with van der Waals surface area (Å²) in [5, 5.41) is 8.68. The first-order chi connectivity index (χ1) is 9.63. The van der Waals surface area contributed by atoms with Gasteiger partial charge in [-0.05, 0) is 37.1 Å². The summed E-state index contributed by atoms with van der Waals surface area (Å²) in [4.78, 5) is 22.4. The van der Waals surface area contributed by atoms with E-state index in [4.69, 9.17) is 5.73 Å². The summed E-state index contributed by atoms with van der Waals surface area (Å²) in [7, 11) is 0. The highest BCUT2D eigenvalue weighted by Crippen LogP contribution is 2.13. The monoisotopic (exact) mass is 276 g/mol. The molecule has 0 bridgehead atoms. The van der Waals surface area contributed by atoms with Crippen LogP contribution in [-0.4, -0.2) is 24.5 Å². The molecule has 1 aromatic carbocycles. The maximum Gasteiger partial charge on any atom is 0.312 e. The van der Waals surface area contributed by atoms with Crippen molar-refractivity contribution in [1.82, 2.24) is 10.6 Å². The van der Waals surface area contributed by atoms with Gasteiger partial charge in [-0.25, -0.2) is 4.79 Å². The minimum atomic E-state index is -0.550. The maximum absolute atomic E-state index is 11.8. The molecule has 3 amide bonds. The molecule has 108 valence electrons. The topological polar surface area (TPSA) is 96.2 Å². The third-order valence-electron chi connectivity index (χ3n) is 3.30. The molecule has 1 heterocycles. The quantitative estimate of drug-likeness (QED) is 0.644. The molecule has 20 heavy (non-hydrogen) atoms. The number of nitrogens with two attached hydrogens (primary N) is 1. The number of amides is 3. The third kappa shape index (κ3) is 4.55. The molecule has 1 atom stereocenters. The van der Waals surface area contributed by atoms with Gasteiger partial charge in [0.1, 0.15) is 0 Å². The zero-order valence-electron chi connectivity index (χ0n) is 11.3. The summed E-state index contributed by atoms with van der Waals surface area (Å²) < 4.78 is 0. The second-order valence-corrected chi connectivity index (χ2v) is 4.96. The summed E-state index contributed by atoms with van der Waals surface area (Å²) in [5.74, 6) is 0.0208. The third-order valence-corrected chi connectivity index (χ3v) is 3.30. The van der Waals surface area contributed by atoms with Crippen LogP contribution >= 0.6 is 0 Å². The van der Waals surface area contributed by atoms with Crippen LogP contribution in [0.2, 0.25) is 0 Å². The molecule has 5 N–H and O–H groups in total. The van der Waals surface area contributed by atoms with E-state index in [1.807, 2.05) is 24.3 Å². The standard InChI is InChI=1S/C14H20N4O2/c15-14(20)17-9-10-3-5-11(6-4-10)18-13(19)8-12-2-1-7-16-12/h3-6,12,16H,1-2,7-9H2,(H,18,19)(H3,15,17,20). The van der Waals surface area contributed by atoms with Crippen molar-refractivity contribution in [3.63, 3.8) is 0 Å². The van der Waals surface area contributed by atoms with Crippen molar-refractivity contribution in [1.29, 1.82) is 0 Å². The first kappa shape index (κ1) is 14.3. The largest absolute Gasteiger partial charge is 0.352 e. The van der Waals surface area contributed by atoms with Crippen molar-refractivity contribution < 1.29 is 9.59 Å². The fourth-order valence-electron chi connectivity index (χ4n) is 2.26. The highest BCUT2D eigenvalue weighted by Gasteiger charge is 2.17. The summed E-state index contributed by atoms with van der Waals surface area (Å²) in [5.41, 5.74) is 6.69. The lowest BCUT2D eigenvalue weighted by atomic mass is 10.1. The summed E-state index contributed by atoms with van der Waals surface area (Å²) in [6.45, 7) is 1.38. The fraction of sp³-hybridized carbons (Fsp3) is 0.429. The first-order valence-electron chi connectivity index (χ1n) is 6.79. The van der Waals surface area contributed by atoms with Gasteiger partial charge < -0.3 is 21.7 Å². The van der Waals surface area contributed by atoms with Crippen LogP contribution in [0.4, 0.5) is 10.5 Å². The SMILES string of the molecule is NC(=O)NCc1ccc(NC(=O)CC2CCCN2)cc1. The van der Waals surface area contributed by atoms with Crippen molar-refractivity contribution >= 4 is 17.6 Å². The van der Waals surface area contributed by atoms with Gasteiger partial charge in [0.2, 0.25) is 5.91 Å². The van der Waals surface area contributed by atoms with Gasteiger partial charge in [-0.3, -0.25) is 4.79 Å². The highest BCUT2D eigenvalue weighted by molar-refractivity contribution is 5.91. The molecule has 0 aromatic heterocycles. The molecule has 1 saturated heterocycles. The fourth-order valence-corrected chi connectivity index (χ4v) is 2.26. The lowest BCUT2D eigenvalue weighted by Gasteiger charge is -2.11. The number of urea groups is 1. The van der Waals surface area contributed by atoms with Gasteiger partial charge in [0.05, 0.1) is 0 Å². The normalized spacial score (nSPS) is 17.7. The van der Waals surface area contributed by atoms with E-state index in [1.54, 1.807) is 0 Å². The number of nitrogens with one attached hydrogen (secondary N) is 3. The number of benzene rings is 1. The van der Waals surface area contributed by atoms with E-state index >= 15 is 0 Å². The lowest BCUT2D eigenvalue weighted by molar-refractivity contribution is -0.116. The predicted octanol–water partition coefficient (Wildman–Crippen LogP) is 0.935. The zero-order chi connectivity index (χ0) is 14.4. The highest BCUT2D eigenvalue weighted by atomic mass is 16.2. The molecule has 1 aromatic rings. The number of carbonyl (C=O) groups excluding carboxylic acids is 2. The Balaban J connectivity index is 1.80. The molecule has 6 nitrogen and oxygen atoms in total. The first-order valence-corrected chi connectivity index (χ1v) is 6.79. The molecule has 0 radical (unpaired) electrons. The van der Waals surface area contributed by atoms with Crippen LogP contribution in [0.15, 0.2) is 24.3 Å². The van der Waals surface area contributed by atoms with Crippen LogP contribution in [0.3, 0.4) is 0 Å². The van der Waals surface area contributed by atoms with E-state index in [0.29, 0.717) is 19.0 Å². The van der Waals surface area contributed by atoms with E-state index in [1.165, 1.54) is 0 Å². The molecule has 6 heteroatoms. The molecule has 2 rings (SSSR count). The molecular formula is C14H20N4O2. The zero-order valence-corrected chi connectivity index (χ0v) is 11.3. The molecule has 1 aliphatic heterocycles. The molecular weight excluding hydrogens is 256 g/mol. The molecule has 0 spiro atoms. The van der Waals surface area contributed by atoms with Gasteiger partial charge in [-0.2, -0.15) is 0 Å². The van der Waals surface area contributed by atoms with Crippen LogP contribution in [0.5, 0.6) is 0 Å². The summed E-state index contributed by atoms with van der Waals surface area (Å²) in [6.07, 6.45) is 2.70. The Morgan fingerprint density at radius 2 is 2.05 bits per heavy atom.